The molecule has 0 aromatic carbocycles. The first-order chi connectivity index (χ1) is 9.99. The van der Waals surface area contributed by atoms with E-state index < -0.39 is 30.2 Å². The van der Waals surface area contributed by atoms with Crippen molar-refractivity contribution in [3.63, 3.8) is 0 Å². The Morgan fingerprint density at radius 2 is 1.95 bits per heavy atom. The molecule has 0 bridgehead atoms. The number of hydrogen-bond donors (Lipinski definition) is 2. The largest absolute Gasteiger partial charge is 0.502 e. The smallest absolute Gasteiger partial charge is 0.434 e. The molecule has 1 aromatic heterocycles. The van der Waals surface area contributed by atoms with E-state index in [1.807, 2.05) is 5.32 Å². The van der Waals surface area contributed by atoms with Crippen LogP contribution in [0.15, 0.2) is 17.7 Å². The lowest BCUT2D eigenvalue weighted by Gasteiger charge is -2.27. The molecule has 0 fully saturated rings. The molecule has 4 nitrogen and oxygen atoms in total. The molecule has 11 heteroatoms. The van der Waals surface area contributed by atoms with Gasteiger partial charge in [0.2, 0.25) is 0 Å². The maximum Gasteiger partial charge on any atom is 0.434 e. The van der Waals surface area contributed by atoms with E-state index in [4.69, 9.17) is 0 Å². The van der Waals surface area contributed by atoms with Gasteiger partial charge in [0.1, 0.15) is 0 Å². The van der Waals surface area contributed by atoms with Crippen LogP contribution in [0.3, 0.4) is 0 Å². The predicted molar refractivity (Wildman–Crippen MR) is 67.4 cm³/mol. The van der Waals surface area contributed by atoms with Crippen LogP contribution in [-0.2, 0) is 10.9 Å². The van der Waals surface area contributed by atoms with Crippen LogP contribution in [0.5, 0.6) is 0 Å². The van der Waals surface area contributed by atoms with Gasteiger partial charge in [-0.15, -0.1) is 11.3 Å². The van der Waals surface area contributed by atoms with Crippen LogP contribution in [0.2, 0.25) is 0 Å². The Morgan fingerprint density at radius 1 is 1.32 bits per heavy atom. The second-order valence-electron chi connectivity index (χ2n) is 4.07. The van der Waals surface area contributed by atoms with E-state index in [9.17, 15) is 31.4 Å². The third kappa shape index (κ3) is 4.77. The van der Waals surface area contributed by atoms with Crippen LogP contribution in [0.4, 0.5) is 31.5 Å². The molecule has 1 aromatic rings. The third-order valence-electron chi connectivity index (χ3n) is 2.40. The Labute approximate surface area is 125 Å². The summed E-state index contributed by atoms with van der Waals surface area (Å²) in [5, 5.41) is 11.9. The van der Waals surface area contributed by atoms with Gasteiger partial charge in [-0.05, 0) is 13.0 Å². The zero-order chi connectivity index (χ0) is 17.0. The fourth-order valence-corrected chi connectivity index (χ4v) is 1.92. The third-order valence-corrected chi connectivity index (χ3v) is 3.20. The minimum absolute atomic E-state index is 0.0965. The molecule has 0 saturated carbocycles. The molecule has 0 aliphatic carbocycles. The number of alkyl halides is 6. The van der Waals surface area contributed by atoms with E-state index in [0.29, 0.717) is 29.1 Å². The Hall–Kier alpha value is -1.49. The van der Waals surface area contributed by atoms with Crippen molar-refractivity contribution >= 4 is 16.5 Å². The van der Waals surface area contributed by atoms with Crippen LogP contribution in [0.1, 0.15) is 12.6 Å². The van der Waals surface area contributed by atoms with Crippen LogP contribution in [0.25, 0.3) is 0 Å². The monoisotopic (exact) mass is 350 g/mol. The Morgan fingerprint density at radius 3 is 2.41 bits per heavy atom. The molecule has 1 atom stereocenters. The predicted octanol–water partition coefficient (Wildman–Crippen LogP) is 3.42. The zero-order valence-electron chi connectivity index (χ0n) is 11.1. The molecule has 0 saturated heterocycles. The van der Waals surface area contributed by atoms with Gasteiger partial charge in [0.25, 0.3) is 0 Å². The number of halogens is 6. The number of hydrogen-bond acceptors (Lipinski definition) is 5. The SMILES string of the molecule is CCOC=CC(O)(CNc1nc(C(F)(F)F)cs1)C(F)(F)F. The number of anilines is 1. The fraction of sp³-hybridized carbons (Fsp3) is 0.545. The lowest BCUT2D eigenvalue weighted by molar-refractivity contribution is -0.234. The molecule has 1 unspecified atom stereocenters. The summed E-state index contributed by atoms with van der Waals surface area (Å²) in [5.41, 5.74) is -4.52. The first-order valence-corrected chi connectivity index (χ1v) is 6.72. The van der Waals surface area contributed by atoms with Crippen molar-refractivity contribution in [2.45, 2.75) is 24.9 Å². The molecule has 1 rings (SSSR count). The molecule has 22 heavy (non-hydrogen) atoms. The second kappa shape index (κ2) is 6.73. The maximum atomic E-state index is 12.8. The Balaban J connectivity index is 2.82. The summed E-state index contributed by atoms with van der Waals surface area (Å²) < 4.78 is 80.1. The molecule has 1 heterocycles. The second-order valence-corrected chi connectivity index (χ2v) is 4.93. The van der Waals surface area contributed by atoms with Crippen LogP contribution in [0, 0.1) is 0 Å². The molecule has 0 aliphatic heterocycles. The molecule has 0 aliphatic rings. The molecule has 0 amide bonds. The summed E-state index contributed by atoms with van der Waals surface area (Å²) in [7, 11) is 0. The molecule has 126 valence electrons. The van der Waals surface area contributed by atoms with Crippen molar-refractivity contribution < 1.29 is 36.2 Å². The number of nitrogens with one attached hydrogen (secondary N) is 1. The normalized spacial score (nSPS) is 15.8. The average Bonchev–Trinajstić information content (AvgIpc) is 2.84. The molecule has 0 radical (unpaired) electrons. The number of aromatic nitrogens is 1. The van der Waals surface area contributed by atoms with Crippen LogP contribution in [-0.4, -0.2) is 35.0 Å². The number of ether oxygens (including phenoxy) is 1. The van der Waals surface area contributed by atoms with Gasteiger partial charge >= 0.3 is 12.4 Å². The number of nitrogens with zero attached hydrogens (tertiary/aromatic N) is 1. The van der Waals surface area contributed by atoms with Gasteiger partial charge in [-0.25, -0.2) is 4.98 Å². The van der Waals surface area contributed by atoms with E-state index in [0.717, 1.165) is 0 Å². The highest BCUT2D eigenvalue weighted by atomic mass is 32.1. The van der Waals surface area contributed by atoms with Gasteiger partial charge in [-0.1, -0.05) is 0 Å². The summed E-state index contributed by atoms with van der Waals surface area (Å²) in [6, 6.07) is 0. The van der Waals surface area contributed by atoms with Gasteiger partial charge < -0.3 is 15.2 Å². The van der Waals surface area contributed by atoms with Crippen molar-refractivity contribution in [3.05, 3.63) is 23.4 Å². The van der Waals surface area contributed by atoms with Crippen molar-refractivity contribution in [1.82, 2.24) is 4.98 Å². The van der Waals surface area contributed by atoms with E-state index in [-0.39, 0.29) is 11.7 Å². The van der Waals surface area contributed by atoms with Crippen LogP contribution >= 0.6 is 11.3 Å². The van der Waals surface area contributed by atoms with Crippen molar-refractivity contribution in [3.8, 4) is 0 Å². The van der Waals surface area contributed by atoms with Gasteiger partial charge in [-0.2, -0.15) is 26.3 Å². The first kappa shape index (κ1) is 18.6. The van der Waals surface area contributed by atoms with E-state index in [2.05, 4.69) is 9.72 Å². The molecule has 2 N–H and O–H groups in total. The minimum atomic E-state index is -5.04. The summed E-state index contributed by atoms with van der Waals surface area (Å²) in [4.78, 5) is 3.11. The highest BCUT2D eigenvalue weighted by Crippen LogP contribution is 2.34. The number of rotatable bonds is 6. The highest BCUT2D eigenvalue weighted by Gasteiger charge is 2.52. The van der Waals surface area contributed by atoms with Gasteiger partial charge in [0.05, 0.1) is 19.4 Å². The summed E-state index contributed by atoms with van der Waals surface area (Å²) in [6.45, 7) is 0.521. The first-order valence-electron chi connectivity index (χ1n) is 5.84. The van der Waals surface area contributed by atoms with Gasteiger partial charge in [-0.3, -0.25) is 0 Å². The van der Waals surface area contributed by atoms with E-state index >= 15 is 0 Å². The molecular formula is C11H12F6N2O2S. The van der Waals surface area contributed by atoms with Crippen molar-refractivity contribution in [1.29, 1.82) is 0 Å². The van der Waals surface area contributed by atoms with E-state index in [1.54, 1.807) is 0 Å². The molecule has 0 spiro atoms. The maximum absolute atomic E-state index is 12.8. The number of thiazole rings is 1. The lowest BCUT2D eigenvalue weighted by atomic mass is 10.0. The standard InChI is InChI=1S/C11H12F6N2O2S/c1-2-21-4-3-9(20,11(15,16)17)6-18-8-19-7(5-22-8)10(12,13)14/h3-5,20H,2,6H2,1H3,(H,18,19). The molecular weight excluding hydrogens is 338 g/mol. The summed E-state index contributed by atoms with van der Waals surface area (Å²) in [6.07, 6.45) is -8.68. The van der Waals surface area contributed by atoms with Gasteiger partial charge in [0, 0.05) is 5.38 Å². The quantitative estimate of drug-likeness (QED) is 0.610. The highest BCUT2D eigenvalue weighted by molar-refractivity contribution is 7.13. The summed E-state index contributed by atoms with van der Waals surface area (Å²) in [5.74, 6) is 0. The number of aliphatic hydroxyl groups is 1. The van der Waals surface area contributed by atoms with Crippen LogP contribution < -0.4 is 5.32 Å². The van der Waals surface area contributed by atoms with Crippen molar-refractivity contribution in [2.75, 3.05) is 18.5 Å². The van der Waals surface area contributed by atoms with Gasteiger partial charge in [0.15, 0.2) is 16.4 Å². The Bertz CT molecular complexity index is 513. The average molecular weight is 350 g/mol. The zero-order valence-corrected chi connectivity index (χ0v) is 11.9. The minimum Gasteiger partial charge on any atom is -0.502 e. The fourth-order valence-electron chi connectivity index (χ4n) is 1.21. The van der Waals surface area contributed by atoms with E-state index in [1.165, 1.54) is 6.92 Å². The lowest BCUT2D eigenvalue weighted by Crippen LogP contribution is -2.49. The van der Waals surface area contributed by atoms with Crippen molar-refractivity contribution in [2.24, 2.45) is 0 Å². The summed E-state index contributed by atoms with van der Waals surface area (Å²) >= 11 is 0.480. The Kier molecular flexibility index (Phi) is 5.68. The topological polar surface area (TPSA) is 54.4 Å².